The summed E-state index contributed by atoms with van der Waals surface area (Å²) < 4.78 is 37.9. The minimum absolute atomic E-state index is 0.127. The van der Waals surface area contributed by atoms with Gasteiger partial charge < -0.3 is 5.11 Å². The molecule has 2 rings (SSSR count). The lowest BCUT2D eigenvalue weighted by Gasteiger charge is -2.34. The van der Waals surface area contributed by atoms with Crippen molar-refractivity contribution in [1.82, 2.24) is 0 Å². The van der Waals surface area contributed by atoms with Gasteiger partial charge in [0.15, 0.2) is 0 Å². The van der Waals surface area contributed by atoms with E-state index in [9.17, 15) is 18.3 Å². The highest BCUT2D eigenvalue weighted by molar-refractivity contribution is 5.08. The van der Waals surface area contributed by atoms with E-state index < -0.39 is 17.7 Å². The Bertz CT molecular complexity index is 263. The Morgan fingerprint density at radius 2 is 2.00 bits per heavy atom. The Kier molecular flexibility index (Phi) is 2.97. The second-order valence-electron chi connectivity index (χ2n) is 5.40. The van der Waals surface area contributed by atoms with Crippen LogP contribution in [0.3, 0.4) is 0 Å². The van der Waals surface area contributed by atoms with Gasteiger partial charge >= 0.3 is 6.18 Å². The average Bonchev–Trinajstić information content (AvgIpc) is 2.90. The number of alkyl halides is 3. The van der Waals surface area contributed by atoms with Gasteiger partial charge in [0, 0.05) is 0 Å². The van der Waals surface area contributed by atoms with Crippen molar-refractivity contribution in [2.75, 3.05) is 0 Å². The fraction of sp³-hybridized carbons (Fsp3) is 1.00. The van der Waals surface area contributed by atoms with Crippen LogP contribution in [-0.2, 0) is 0 Å². The van der Waals surface area contributed by atoms with Crippen LogP contribution in [0, 0.1) is 17.8 Å². The summed E-state index contributed by atoms with van der Waals surface area (Å²) in [5, 5.41) is 10.2. The molecule has 0 amide bonds. The van der Waals surface area contributed by atoms with Crippen molar-refractivity contribution in [3.8, 4) is 0 Å². The second kappa shape index (κ2) is 3.90. The van der Waals surface area contributed by atoms with E-state index in [4.69, 9.17) is 0 Å². The zero-order valence-electron chi connectivity index (χ0n) is 9.56. The summed E-state index contributed by atoms with van der Waals surface area (Å²) in [5.74, 6) is -1.07. The van der Waals surface area contributed by atoms with Crippen LogP contribution in [0.4, 0.5) is 13.2 Å². The van der Waals surface area contributed by atoms with Crippen LogP contribution in [0.5, 0.6) is 0 Å². The van der Waals surface area contributed by atoms with Crippen molar-refractivity contribution < 1.29 is 18.3 Å². The summed E-state index contributed by atoms with van der Waals surface area (Å²) in [4.78, 5) is 0. The molecule has 4 unspecified atom stereocenters. The Morgan fingerprint density at radius 3 is 2.50 bits per heavy atom. The fourth-order valence-electron chi connectivity index (χ4n) is 3.27. The van der Waals surface area contributed by atoms with E-state index in [0.29, 0.717) is 12.8 Å². The van der Waals surface area contributed by atoms with Gasteiger partial charge in [-0.25, -0.2) is 0 Å². The van der Waals surface area contributed by atoms with Crippen LogP contribution < -0.4 is 0 Å². The summed E-state index contributed by atoms with van der Waals surface area (Å²) in [7, 11) is 0. The molecule has 0 heterocycles. The minimum Gasteiger partial charge on any atom is -0.389 e. The minimum atomic E-state index is -4.08. The van der Waals surface area contributed by atoms with Crippen molar-refractivity contribution >= 4 is 0 Å². The Labute approximate surface area is 94.0 Å². The summed E-state index contributed by atoms with van der Waals surface area (Å²) in [6.45, 7) is 1.99. The van der Waals surface area contributed by atoms with Gasteiger partial charge in [0.2, 0.25) is 0 Å². The fourth-order valence-corrected chi connectivity index (χ4v) is 3.27. The molecule has 1 nitrogen and oxygen atoms in total. The number of hydrogen-bond donors (Lipinski definition) is 1. The molecule has 94 valence electrons. The normalized spacial score (nSPS) is 44.4. The Hall–Kier alpha value is -0.250. The first-order chi connectivity index (χ1) is 7.38. The molecule has 2 fully saturated rings. The van der Waals surface area contributed by atoms with Crippen LogP contribution in [0.1, 0.15) is 45.4 Å². The van der Waals surface area contributed by atoms with E-state index in [1.165, 1.54) is 0 Å². The van der Waals surface area contributed by atoms with Crippen molar-refractivity contribution in [2.45, 2.75) is 57.2 Å². The summed E-state index contributed by atoms with van der Waals surface area (Å²) in [6, 6.07) is 0. The molecule has 0 aromatic carbocycles. The number of hydrogen-bond acceptors (Lipinski definition) is 1. The number of aliphatic hydroxyl groups is 1. The molecular formula is C12H19F3O. The molecule has 1 N–H and O–H groups in total. The molecule has 0 bridgehead atoms. The average molecular weight is 236 g/mol. The van der Waals surface area contributed by atoms with Crippen LogP contribution in [0.2, 0.25) is 0 Å². The lowest BCUT2D eigenvalue weighted by atomic mass is 9.76. The molecule has 2 saturated carbocycles. The van der Waals surface area contributed by atoms with E-state index in [-0.39, 0.29) is 24.7 Å². The van der Waals surface area contributed by atoms with Crippen LogP contribution in [0.15, 0.2) is 0 Å². The van der Waals surface area contributed by atoms with Crippen LogP contribution >= 0.6 is 0 Å². The SMILES string of the molecule is CCC1CC1(O)C1CCCC(C(F)(F)F)C1. The third-order valence-corrected chi connectivity index (χ3v) is 4.46. The maximum Gasteiger partial charge on any atom is 0.391 e. The van der Waals surface area contributed by atoms with E-state index >= 15 is 0 Å². The van der Waals surface area contributed by atoms with Gasteiger partial charge in [-0.15, -0.1) is 0 Å². The van der Waals surface area contributed by atoms with Crippen LogP contribution in [0.25, 0.3) is 0 Å². The first kappa shape index (κ1) is 12.2. The zero-order valence-corrected chi connectivity index (χ0v) is 9.56. The van der Waals surface area contributed by atoms with Gasteiger partial charge in [0.05, 0.1) is 11.5 Å². The highest BCUT2D eigenvalue weighted by Gasteiger charge is 2.58. The molecule has 2 aliphatic carbocycles. The monoisotopic (exact) mass is 236 g/mol. The van der Waals surface area contributed by atoms with Gasteiger partial charge in [0.1, 0.15) is 0 Å². The molecule has 0 aromatic rings. The molecule has 0 aliphatic heterocycles. The third-order valence-electron chi connectivity index (χ3n) is 4.46. The smallest absolute Gasteiger partial charge is 0.389 e. The van der Waals surface area contributed by atoms with Gasteiger partial charge in [-0.05, 0) is 37.5 Å². The van der Waals surface area contributed by atoms with Crippen molar-refractivity contribution in [3.63, 3.8) is 0 Å². The standard InChI is InChI=1S/C12H19F3O/c1-2-8-7-11(8,16)9-4-3-5-10(6-9)12(13,14)15/h8-10,16H,2-7H2,1H3. The molecule has 4 heteroatoms. The van der Waals surface area contributed by atoms with Gasteiger partial charge in [0.25, 0.3) is 0 Å². The molecule has 0 spiro atoms. The molecule has 0 aromatic heterocycles. The van der Waals surface area contributed by atoms with E-state index in [1.54, 1.807) is 0 Å². The predicted octanol–water partition coefficient (Wildman–Crippen LogP) is 3.52. The van der Waals surface area contributed by atoms with Gasteiger partial charge in [-0.3, -0.25) is 0 Å². The first-order valence-electron chi connectivity index (χ1n) is 6.17. The largest absolute Gasteiger partial charge is 0.391 e. The number of rotatable bonds is 2. The first-order valence-corrected chi connectivity index (χ1v) is 6.17. The second-order valence-corrected chi connectivity index (χ2v) is 5.40. The van der Waals surface area contributed by atoms with E-state index in [2.05, 4.69) is 0 Å². The van der Waals surface area contributed by atoms with Gasteiger partial charge in [-0.1, -0.05) is 19.8 Å². The van der Waals surface area contributed by atoms with Crippen molar-refractivity contribution in [1.29, 1.82) is 0 Å². The third kappa shape index (κ3) is 2.08. The van der Waals surface area contributed by atoms with Crippen molar-refractivity contribution in [2.24, 2.45) is 17.8 Å². The molecule has 16 heavy (non-hydrogen) atoms. The molecule has 2 aliphatic rings. The maximum absolute atomic E-state index is 12.6. The van der Waals surface area contributed by atoms with E-state index in [0.717, 1.165) is 12.8 Å². The molecule has 0 saturated heterocycles. The quantitative estimate of drug-likeness (QED) is 0.777. The maximum atomic E-state index is 12.6. The molecule has 4 atom stereocenters. The summed E-state index contributed by atoms with van der Waals surface area (Å²) in [5.41, 5.74) is -0.765. The van der Waals surface area contributed by atoms with E-state index in [1.807, 2.05) is 6.92 Å². The summed E-state index contributed by atoms with van der Waals surface area (Å²) in [6.07, 6.45) is -0.745. The zero-order chi connectivity index (χ0) is 12.0. The lowest BCUT2D eigenvalue weighted by molar-refractivity contribution is -0.190. The highest BCUT2D eigenvalue weighted by Crippen LogP contribution is 2.56. The lowest BCUT2D eigenvalue weighted by Crippen LogP contribution is -2.35. The molecule has 0 radical (unpaired) electrons. The Morgan fingerprint density at radius 1 is 1.31 bits per heavy atom. The topological polar surface area (TPSA) is 20.2 Å². The van der Waals surface area contributed by atoms with Crippen LogP contribution in [-0.4, -0.2) is 16.9 Å². The predicted molar refractivity (Wildman–Crippen MR) is 54.9 cm³/mol. The van der Waals surface area contributed by atoms with Crippen molar-refractivity contribution in [3.05, 3.63) is 0 Å². The Balaban J connectivity index is 1.98. The molecular weight excluding hydrogens is 217 g/mol. The number of halogens is 3. The van der Waals surface area contributed by atoms with Gasteiger partial charge in [-0.2, -0.15) is 13.2 Å². The highest BCUT2D eigenvalue weighted by atomic mass is 19.4. The summed E-state index contributed by atoms with van der Waals surface area (Å²) >= 11 is 0.